The lowest BCUT2D eigenvalue weighted by molar-refractivity contribution is 0.0952. The smallest absolute Gasteiger partial charge is 0.253 e. The molecule has 3 aromatic rings. The predicted octanol–water partition coefficient (Wildman–Crippen LogP) is 5.32. The minimum atomic E-state index is -0.190. The van der Waals surface area contributed by atoms with Gasteiger partial charge in [-0.3, -0.25) is 14.3 Å². The van der Waals surface area contributed by atoms with Gasteiger partial charge in [0, 0.05) is 34.3 Å². The molecule has 7 nitrogen and oxygen atoms in total. The van der Waals surface area contributed by atoms with Gasteiger partial charge in [0.15, 0.2) is 0 Å². The summed E-state index contributed by atoms with van der Waals surface area (Å²) < 4.78 is 2.13. The average molecular weight is 502 g/mol. The molecule has 1 saturated carbocycles. The van der Waals surface area contributed by atoms with E-state index in [0.717, 1.165) is 47.0 Å². The third kappa shape index (κ3) is 5.14. The Hall–Kier alpha value is -3.19. The Morgan fingerprint density at radius 1 is 1.14 bits per heavy atom. The topological polar surface area (TPSA) is 91.8 Å². The van der Waals surface area contributed by atoms with Crippen molar-refractivity contribution in [1.82, 2.24) is 25.4 Å². The number of aromatic nitrogens is 3. The molecule has 5 rings (SSSR count). The highest BCUT2D eigenvalue weighted by Crippen LogP contribution is 2.37. The summed E-state index contributed by atoms with van der Waals surface area (Å²) in [6.07, 6.45) is 9.63. The number of hydrogen-bond acceptors (Lipinski definition) is 4. The van der Waals surface area contributed by atoms with Gasteiger partial charge < -0.3 is 15.6 Å². The number of nitrogens with one attached hydrogen (secondary N) is 3. The fraction of sp³-hybridized carbons (Fsp3) is 0.500. The first kappa shape index (κ1) is 25.5. The van der Waals surface area contributed by atoms with Gasteiger partial charge in [-0.25, -0.2) is 0 Å². The van der Waals surface area contributed by atoms with E-state index in [1.807, 2.05) is 32.2 Å². The quantitative estimate of drug-likeness (QED) is 0.441. The summed E-state index contributed by atoms with van der Waals surface area (Å²) in [5.74, 6) is -0.190. The number of rotatable bonds is 5. The Bertz CT molecular complexity index is 1450. The van der Waals surface area contributed by atoms with Crippen molar-refractivity contribution in [2.75, 3.05) is 0 Å². The fourth-order valence-electron chi connectivity index (χ4n) is 6.42. The molecule has 3 heterocycles. The van der Waals surface area contributed by atoms with E-state index in [1.165, 1.54) is 18.4 Å². The van der Waals surface area contributed by atoms with Gasteiger partial charge in [0.05, 0.1) is 23.3 Å². The molecule has 2 aliphatic rings. The van der Waals surface area contributed by atoms with Gasteiger partial charge in [0.2, 0.25) is 0 Å². The van der Waals surface area contributed by atoms with Crippen LogP contribution in [0.3, 0.4) is 0 Å². The van der Waals surface area contributed by atoms with Crippen LogP contribution >= 0.6 is 0 Å². The van der Waals surface area contributed by atoms with Crippen LogP contribution < -0.4 is 16.2 Å². The molecule has 0 unspecified atom stereocenters. The first-order valence-corrected chi connectivity index (χ1v) is 13.4. The van der Waals surface area contributed by atoms with Gasteiger partial charge >= 0.3 is 0 Å². The normalized spacial score (nSPS) is 19.2. The molecular weight excluding hydrogens is 462 g/mol. The first-order valence-electron chi connectivity index (χ1n) is 13.4. The minimum absolute atomic E-state index is 0.0688. The van der Waals surface area contributed by atoms with Crippen LogP contribution in [0.15, 0.2) is 35.3 Å². The lowest BCUT2D eigenvalue weighted by atomic mass is 9.80. The number of fused-ring (bicyclic) bond motifs is 1. The van der Waals surface area contributed by atoms with Crippen LogP contribution in [-0.4, -0.2) is 31.7 Å². The predicted molar refractivity (Wildman–Crippen MR) is 149 cm³/mol. The third-order valence-corrected chi connectivity index (χ3v) is 7.75. The molecule has 1 fully saturated rings. The van der Waals surface area contributed by atoms with Crippen molar-refractivity contribution in [2.24, 2.45) is 0 Å². The molecule has 196 valence electrons. The molecule has 0 radical (unpaired) electrons. The molecule has 0 atom stereocenters. The molecule has 3 N–H and O–H groups in total. The number of H-pyrrole nitrogens is 1. The van der Waals surface area contributed by atoms with E-state index in [-0.39, 0.29) is 29.1 Å². The molecule has 37 heavy (non-hydrogen) atoms. The second-order valence-electron chi connectivity index (χ2n) is 12.2. The molecule has 0 spiro atoms. The van der Waals surface area contributed by atoms with Gasteiger partial charge in [-0.05, 0) is 95.7 Å². The number of benzene rings is 1. The van der Waals surface area contributed by atoms with E-state index >= 15 is 0 Å². The molecule has 1 amide bonds. The summed E-state index contributed by atoms with van der Waals surface area (Å²) in [6, 6.07) is 6.52. The van der Waals surface area contributed by atoms with Crippen LogP contribution in [0.4, 0.5) is 0 Å². The Balaban J connectivity index is 1.57. The van der Waals surface area contributed by atoms with Gasteiger partial charge in [-0.2, -0.15) is 5.10 Å². The second kappa shape index (κ2) is 9.28. The van der Waals surface area contributed by atoms with Crippen LogP contribution in [0, 0.1) is 13.8 Å². The molecule has 1 aromatic carbocycles. The molecule has 2 aromatic heterocycles. The van der Waals surface area contributed by atoms with E-state index in [4.69, 9.17) is 5.10 Å². The second-order valence-corrected chi connectivity index (χ2v) is 12.2. The SMILES string of the molecule is Cc1cc(C)c(CNC(=O)c2cc(C3=CC(C)(C)NC(C)(C)C3)cc3c2cnn3C2CCCC2)c(=O)[nH]1. The number of nitrogens with zero attached hydrogens (tertiary/aromatic N) is 2. The van der Waals surface area contributed by atoms with Crippen LogP contribution in [0.25, 0.3) is 16.5 Å². The zero-order chi connectivity index (χ0) is 26.5. The number of aryl methyl sites for hydroxylation is 2. The van der Waals surface area contributed by atoms with Gasteiger partial charge in [0.1, 0.15) is 0 Å². The van der Waals surface area contributed by atoms with Gasteiger partial charge in [0.25, 0.3) is 11.5 Å². The average Bonchev–Trinajstić information content (AvgIpc) is 3.45. The largest absolute Gasteiger partial charge is 0.348 e. The maximum absolute atomic E-state index is 13.6. The number of aromatic amines is 1. The Kier molecular flexibility index (Phi) is 6.39. The standard InChI is InChI=1S/C30H39N5O2/c1-18-11-19(2)33-28(37)24(18)16-31-27(36)23-12-20(21-14-29(3,4)34-30(5,6)15-21)13-26-25(23)17-32-35(26)22-9-7-8-10-22/h11-14,17,22,34H,7-10,15-16H2,1-6H3,(H,31,36)(H,33,37). The number of carbonyl (C=O) groups is 1. The molecule has 1 aliphatic heterocycles. The molecule has 0 saturated heterocycles. The van der Waals surface area contributed by atoms with Gasteiger partial charge in [-0.1, -0.05) is 18.9 Å². The highest BCUT2D eigenvalue weighted by molar-refractivity contribution is 6.07. The zero-order valence-electron chi connectivity index (χ0n) is 22.9. The Morgan fingerprint density at radius 3 is 2.54 bits per heavy atom. The number of hydrogen-bond donors (Lipinski definition) is 3. The lowest BCUT2D eigenvalue weighted by Gasteiger charge is -2.41. The minimum Gasteiger partial charge on any atom is -0.348 e. The number of pyridine rings is 1. The Labute approximate surface area is 218 Å². The third-order valence-electron chi connectivity index (χ3n) is 7.75. The number of carbonyl (C=O) groups excluding carboxylic acids is 1. The zero-order valence-corrected chi connectivity index (χ0v) is 22.9. The van der Waals surface area contributed by atoms with E-state index in [2.05, 4.69) is 60.1 Å². The van der Waals surface area contributed by atoms with Crippen molar-refractivity contribution in [3.05, 3.63) is 68.8 Å². The lowest BCUT2D eigenvalue weighted by Crippen LogP contribution is -2.53. The summed E-state index contributed by atoms with van der Waals surface area (Å²) in [5.41, 5.74) is 5.78. The summed E-state index contributed by atoms with van der Waals surface area (Å²) in [5, 5.41) is 12.4. The summed E-state index contributed by atoms with van der Waals surface area (Å²) >= 11 is 0. The van der Waals surface area contributed by atoms with Crippen LogP contribution in [0.5, 0.6) is 0 Å². The summed E-state index contributed by atoms with van der Waals surface area (Å²) in [6.45, 7) is 12.8. The molecular formula is C30H39N5O2. The maximum Gasteiger partial charge on any atom is 0.253 e. The fourth-order valence-corrected chi connectivity index (χ4v) is 6.42. The van der Waals surface area contributed by atoms with Crippen molar-refractivity contribution in [1.29, 1.82) is 0 Å². The van der Waals surface area contributed by atoms with Crippen molar-refractivity contribution in [3.63, 3.8) is 0 Å². The van der Waals surface area contributed by atoms with Gasteiger partial charge in [-0.15, -0.1) is 0 Å². The molecule has 0 bridgehead atoms. The van der Waals surface area contributed by atoms with E-state index in [9.17, 15) is 9.59 Å². The number of amides is 1. The van der Waals surface area contributed by atoms with Crippen LogP contribution in [-0.2, 0) is 6.54 Å². The maximum atomic E-state index is 13.6. The monoisotopic (exact) mass is 501 g/mol. The summed E-state index contributed by atoms with van der Waals surface area (Å²) in [4.78, 5) is 29.0. The Morgan fingerprint density at radius 2 is 1.86 bits per heavy atom. The highest BCUT2D eigenvalue weighted by Gasteiger charge is 2.33. The van der Waals surface area contributed by atoms with Crippen molar-refractivity contribution in [2.45, 2.75) is 97.3 Å². The molecule has 1 aliphatic carbocycles. The molecule has 7 heteroatoms. The van der Waals surface area contributed by atoms with Crippen LogP contribution in [0.2, 0.25) is 0 Å². The summed E-state index contributed by atoms with van der Waals surface area (Å²) in [7, 11) is 0. The first-order chi connectivity index (χ1) is 17.4. The van der Waals surface area contributed by atoms with Crippen LogP contribution in [0.1, 0.15) is 98.6 Å². The van der Waals surface area contributed by atoms with Crippen molar-refractivity contribution >= 4 is 22.4 Å². The van der Waals surface area contributed by atoms with Crippen molar-refractivity contribution in [3.8, 4) is 0 Å². The van der Waals surface area contributed by atoms with E-state index in [1.54, 1.807) is 0 Å². The van der Waals surface area contributed by atoms with E-state index in [0.29, 0.717) is 17.2 Å². The van der Waals surface area contributed by atoms with E-state index < -0.39 is 0 Å². The van der Waals surface area contributed by atoms with Crippen molar-refractivity contribution < 1.29 is 4.79 Å². The highest BCUT2D eigenvalue weighted by atomic mass is 16.1.